The highest BCUT2D eigenvalue weighted by atomic mass is 79.9. The molecule has 2 aromatic rings. The molecule has 11 heteroatoms. The highest BCUT2D eigenvalue weighted by molar-refractivity contribution is 9.10. The number of piperazine rings is 1. The van der Waals surface area contributed by atoms with Crippen LogP contribution in [0.5, 0.6) is 6.01 Å². The highest BCUT2D eigenvalue weighted by Crippen LogP contribution is 2.41. The van der Waals surface area contributed by atoms with E-state index in [1.165, 1.54) is 4.90 Å². The number of alkyl halides is 1. The zero-order valence-electron chi connectivity index (χ0n) is 17.9. The van der Waals surface area contributed by atoms with Crippen molar-refractivity contribution >= 4 is 38.7 Å². The van der Waals surface area contributed by atoms with Crippen molar-refractivity contribution in [3.05, 3.63) is 22.4 Å². The van der Waals surface area contributed by atoms with Crippen LogP contribution in [-0.4, -0.2) is 87.5 Å². The fourth-order valence-electron chi connectivity index (χ4n) is 6.19. The number of hydrogen-bond acceptors (Lipinski definition) is 6. The molecule has 0 spiro atoms. The van der Waals surface area contributed by atoms with Crippen molar-refractivity contribution in [3.63, 3.8) is 0 Å². The van der Waals surface area contributed by atoms with Crippen molar-refractivity contribution in [2.45, 2.75) is 49.5 Å². The lowest BCUT2D eigenvalue weighted by atomic mass is 9.95. The Morgan fingerprint density at radius 3 is 2.88 bits per heavy atom. The lowest BCUT2D eigenvalue weighted by Crippen LogP contribution is -2.48. The number of ether oxygens (including phenoxy) is 1. The minimum absolute atomic E-state index is 0.0326. The standard InChI is InChI=1S/C22H24BrF2N5O3/c23-16-3-2-15-18(17(16)25)26-20(33-11-22-4-1-5-28(22)8-12(24)7-22)27-19(15)29-9-14-6-13(29)10-30(14)21(31)32/h2-3,12-14H,1,4-11H2,(H,31,32)/t12-,13-,14-,22+/m1/s1. The van der Waals surface area contributed by atoms with Crippen molar-refractivity contribution in [2.75, 3.05) is 37.7 Å². The van der Waals surface area contributed by atoms with Gasteiger partial charge < -0.3 is 19.6 Å². The van der Waals surface area contributed by atoms with E-state index in [2.05, 4.69) is 30.8 Å². The molecule has 0 aliphatic carbocycles. The largest absolute Gasteiger partial charge is 0.465 e. The molecule has 4 saturated heterocycles. The molecule has 5 heterocycles. The van der Waals surface area contributed by atoms with Gasteiger partial charge in [0.15, 0.2) is 5.82 Å². The minimum atomic E-state index is -0.920. The summed E-state index contributed by atoms with van der Waals surface area (Å²) in [7, 11) is 0. The SMILES string of the molecule is O=C(O)N1C[C@H]2C[C@@H]1CN2c1nc(OC[C@@]23CCCN2C[C@H](F)C3)nc2c(F)c(Br)ccc12. The zero-order valence-corrected chi connectivity index (χ0v) is 19.5. The van der Waals surface area contributed by atoms with Crippen LogP contribution in [0.1, 0.15) is 25.7 Å². The summed E-state index contributed by atoms with van der Waals surface area (Å²) in [5.41, 5.74) is -0.208. The number of amides is 1. The van der Waals surface area contributed by atoms with Gasteiger partial charge in [-0.3, -0.25) is 4.90 Å². The molecule has 0 saturated carbocycles. The first kappa shape index (κ1) is 21.3. The van der Waals surface area contributed by atoms with E-state index in [-0.39, 0.29) is 35.8 Å². The zero-order chi connectivity index (χ0) is 22.9. The maximum Gasteiger partial charge on any atom is 0.407 e. The van der Waals surface area contributed by atoms with Gasteiger partial charge in [-0.25, -0.2) is 13.6 Å². The molecule has 1 amide bonds. The van der Waals surface area contributed by atoms with Gasteiger partial charge in [0, 0.05) is 31.4 Å². The fraction of sp³-hybridized carbons (Fsp3) is 0.591. The Balaban J connectivity index is 1.34. The van der Waals surface area contributed by atoms with E-state index >= 15 is 4.39 Å². The number of benzene rings is 1. The number of halogens is 3. The smallest absolute Gasteiger partial charge is 0.407 e. The molecule has 4 atom stereocenters. The van der Waals surface area contributed by atoms with E-state index in [0.29, 0.717) is 48.2 Å². The average molecular weight is 524 g/mol. The van der Waals surface area contributed by atoms with Crippen molar-refractivity contribution in [2.24, 2.45) is 0 Å². The number of rotatable bonds is 4. The number of hydrogen-bond donors (Lipinski definition) is 1. The third-order valence-corrected chi connectivity index (χ3v) is 8.32. The minimum Gasteiger partial charge on any atom is -0.465 e. The number of anilines is 1. The van der Waals surface area contributed by atoms with Gasteiger partial charge >= 0.3 is 12.1 Å². The molecule has 8 nitrogen and oxygen atoms in total. The number of aromatic nitrogens is 2. The Hall–Kier alpha value is -2.27. The fourth-order valence-corrected chi connectivity index (χ4v) is 6.51. The monoisotopic (exact) mass is 523 g/mol. The van der Waals surface area contributed by atoms with Crippen LogP contribution < -0.4 is 9.64 Å². The molecule has 6 rings (SSSR count). The van der Waals surface area contributed by atoms with Crippen LogP contribution in [0.2, 0.25) is 0 Å². The number of carboxylic acid groups (broad SMARTS) is 1. The van der Waals surface area contributed by atoms with Gasteiger partial charge in [-0.05, 0) is 53.9 Å². The molecule has 0 radical (unpaired) electrons. The lowest BCUT2D eigenvalue weighted by molar-refractivity contribution is 0.107. The average Bonchev–Trinajstić information content (AvgIpc) is 3.54. The van der Waals surface area contributed by atoms with Gasteiger partial charge in [0.25, 0.3) is 0 Å². The van der Waals surface area contributed by atoms with E-state index in [0.717, 1.165) is 19.4 Å². The normalized spacial score (nSPS) is 31.1. The van der Waals surface area contributed by atoms with Crippen molar-refractivity contribution < 1.29 is 23.4 Å². The second-order valence-corrected chi connectivity index (χ2v) is 10.4. The predicted octanol–water partition coefficient (Wildman–Crippen LogP) is 3.43. The maximum absolute atomic E-state index is 15.1. The number of nitrogens with zero attached hydrogens (tertiary/aromatic N) is 5. The van der Waals surface area contributed by atoms with Crippen LogP contribution in [-0.2, 0) is 0 Å². The summed E-state index contributed by atoms with van der Waals surface area (Å²) in [5, 5.41) is 9.98. The number of carbonyl (C=O) groups is 1. The second-order valence-electron chi connectivity index (χ2n) is 9.58. The van der Waals surface area contributed by atoms with Crippen LogP contribution >= 0.6 is 15.9 Å². The topological polar surface area (TPSA) is 82.0 Å². The molecular weight excluding hydrogens is 500 g/mol. The van der Waals surface area contributed by atoms with E-state index in [9.17, 15) is 14.3 Å². The van der Waals surface area contributed by atoms with Crippen LogP contribution in [0.4, 0.5) is 19.4 Å². The van der Waals surface area contributed by atoms with E-state index < -0.39 is 18.1 Å². The Morgan fingerprint density at radius 2 is 2.12 bits per heavy atom. The summed E-state index contributed by atoms with van der Waals surface area (Å²) in [6.07, 6.45) is 1.20. The molecule has 1 aromatic heterocycles. The first-order valence-electron chi connectivity index (χ1n) is 11.3. The van der Waals surface area contributed by atoms with Gasteiger partial charge in [0.05, 0.1) is 22.1 Å². The van der Waals surface area contributed by atoms with Crippen LogP contribution in [0.25, 0.3) is 10.9 Å². The Kier molecular flexibility index (Phi) is 4.92. The van der Waals surface area contributed by atoms with E-state index in [1.54, 1.807) is 12.1 Å². The lowest BCUT2D eigenvalue weighted by Gasteiger charge is -2.34. The number of fused-ring (bicyclic) bond motifs is 4. The summed E-state index contributed by atoms with van der Waals surface area (Å²) < 4.78 is 35.5. The van der Waals surface area contributed by atoms with Crippen LogP contribution in [0.3, 0.4) is 0 Å². The Labute approximate surface area is 197 Å². The second kappa shape index (κ2) is 7.63. The van der Waals surface area contributed by atoms with Crippen molar-refractivity contribution in [1.29, 1.82) is 0 Å². The molecule has 0 unspecified atom stereocenters. The summed E-state index contributed by atoms with van der Waals surface area (Å²) in [6, 6.07) is 3.31. The predicted molar refractivity (Wildman–Crippen MR) is 120 cm³/mol. The molecule has 4 aliphatic heterocycles. The van der Waals surface area contributed by atoms with E-state index in [4.69, 9.17) is 4.74 Å². The highest BCUT2D eigenvalue weighted by Gasteiger charge is 2.50. The molecular formula is C22H24BrF2N5O3. The summed E-state index contributed by atoms with van der Waals surface area (Å²) in [5.74, 6) is 0.0531. The van der Waals surface area contributed by atoms with Gasteiger partial charge in [-0.2, -0.15) is 9.97 Å². The third kappa shape index (κ3) is 3.34. The molecule has 1 aromatic carbocycles. The molecule has 1 N–H and O–H groups in total. The Bertz CT molecular complexity index is 1140. The summed E-state index contributed by atoms with van der Waals surface area (Å²) >= 11 is 3.23. The quantitative estimate of drug-likeness (QED) is 0.657. The van der Waals surface area contributed by atoms with E-state index in [1.807, 2.05) is 4.90 Å². The van der Waals surface area contributed by atoms with Gasteiger partial charge in [-0.1, -0.05) is 0 Å². The Morgan fingerprint density at radius 1 is 1.27 bits per heavy atom. The van der Waals surface area contributed by atoms with Crippen LogP contribution in [0.15, 0.2) is 16.6 Å². The van der Waals surface area contributed by atoms with Gasteiger partial charge in [0.1, 0.15) is 24.1 Å². The maximum atomic E-state index is 15.1. The summed E-state index contributed by atoms with van der Waals surface area (Å²) in [6.45, 7) is 2.41. The van der Waals surface area contributed by atoms with Crippen molar-refractivity contribution in [1.82, 2.24) is 19.8 Å². The summed E-state index contributed by atoms with van der Waals surface area (Å²) in [4.78, 5) is 26.2. The molecule has 176 valence electrons. The molecule has 33 heavy (non-hydrogen) atoms. The third-order valence-electron chi connectivity index (χ3n) is 7.71. The van der Waals surface area contributed by atoms with Crippen molar-refractivity contribution in [3.8, 4) is 6.01 Å². The van der Waals surface area contributed by atoms with Crippen LogP contribution in [0, 0.1) is 5.82 Å². The number of likely N-dealkylation sites (tertiary alicyclic amines) is 1. The molecule has 4 fully saturated rings. The van der Waals surface area contributed by atoms with Gasteiger partial charge in [0.2, 0.25) is 0 Å². The molecule has 2 bridgehead atoms. The first-order chi connectivity index (χ1) is 15.8. The first-order valence-corrected chi connectivity index (χ1v) is 12.1. The molecule has 4 aliphatic rings. The van der Waals surface area contributed by atoms with Gasteiger partial charge in [-0.15, -0.1) is 0 Å².